The van der Waals surface area contributed by atoms with Crippen molar-refractivity contribution < 1.29 is 17.9 Å². The second-order valence-corrected chi connectivity index (χ2v) is 23.1. The average molecular weight is 546 g/mol. The summed E-state index contributed by atoms with van der Waals surface area (Å²) in [5, 5.41) is 1.28. The fourth-order valence-electron chi connectivity index (χ4n) is 6.15. The van der Waals surface area contributed by atoms with E-state index in [1.165, 1.54) is 58.8 Å². The summed E-state index contributed by atoms with van der Waals surface area (Å²) in [4.78, 5) is 0. The first kappa shape index (κ1) is 20.3. The molecule has 2 aliphatic rings. The molecule has 0 fully saturated rings. The molecule has 160 valence electrons. The van der Waals surface area contributed by atoms with Crippen LogP contribution in [0.25, 0.3) is 33.2 Å². The minimum atomic E-state index is -3.99. The van der Waals surface area contributed by atoms with Crippen LogP contribution >= 0.6 is 17.0 Å². The molecule has 5 aromatic rings. The van der Waals surface area contributed by atoms with E-state index in [0.29, 0.717) is 0 Å². The summed E-state index contributed by atoms with van der Waals surface area (Å²) in [5.41, 5.74) is 11.7. The Labute approximate surface area is 205 Å². The van der Waals surface area contributed by atoms with E-state index in [4.69, 9.17) is 17.0 Å². The molecular formula is C29H21Cl2NZr. The van der Waals surface area contributed by atoms with Crippen LogP contribution in [0.1, 0.15) is 26.0 Å². The van der Waals surface area contributed by atoms with E-state index in [1.807, 2.05) is 0 Å². The summed E-state index contributed by atoms with van der Waals surface area (Å²) in [6.45, 7) is 0. The van der Waals surface area contributed by atoms with E-state index in [9.17, 15) is 0 Å². The van der Waals surface area contributed by atoms with Gasteiger partial charge in [0.1, 0.15) is 0 Å². The van der Waals surface area contributed by atoms with Gasteiger partial charge in [-0.3, -0.25) is 0 Å². The third-order valence-electron chi connectivity index (χ3n) is 7.54. The Morgan fingerprint density at radius 2 is 1.45 bits per heavy atom. The number of hydrogen-bond donors (Lipinski definition) is 0. The van der Waals surface area contributed by atoms with E-state index >= 15 is 0 Å². The molecule has 1 unspecified atom stereocenters. The van der Waals surface area contributed by atoms with Crippen LogP contribution in [0.2, 0.25) is 0 Å². The predicted octanol–water partition coefficient (Wildman–Crippen LogP) is 7.61. The number of fused-ring (bicyclic) bond motifs is 8. The molecule has 33 heavy (non-hydrogen) atoms. The van der Waals surface area contributed by atoms with Gasteiger partial charge in [-0.1, -0.05) is 0 Å². The van der Waals surface area contributed by atoms with Gasteiger partial charge in [-0.15, -0.1) is 0 Å². The van der Waals surface area contributed by atoms with Crippen molar-refractivity contribution in [2.45, 2.75) is 10.0 Å². The van der Waals surface area contributed by atoms with Gasteiger partial charge >= 0.3 is 206 Å². The molecule has 0 aliphatic heterocycles. The van der Waals surface area contributed by atoms with Crippen molar-refractivity contribution in [1.29, 1.82) is 0 Å². The van der Waals surface area contributed by atoms with Gasteiger partial charge < -0.3 is 0 Å². The van der Waals surface area contributed by atoms with Crippen LogP contribution in [-0.4, -0.2) is 4.57 Å². The number of benzene rings is 4. The second kappa shape index (κ2) is 7.19. The van der Waals surface area contributed by atoms with Gasteiger partial charge in [-0.2, -0.15) is 0 Å². The van der Waals surface area contributed by atoms with Gasteiger partial charge in [0.2, 0.25) is 0 Å². The van der Waals surface area contributed by atoms with E-state index in [-0.39, 0.29) is 3.63 Å². The molecule has 0 bridgehead atoms. The van der Waals surface area contributed by atoms with Crippen molar-refractivity contribution >= 4 is 31.2 Å². The zero-order chi connectivity index (χ0) is 22.3. The molecule has 4 aromatic carbocycles. The molecule has 0 saturated carbocycles. The molecule has 2 aliphatic carbocycles. The third-order valence-corrected chi connectivity index (χ3v) is 18.7. The van der Waals surface area contributed by atoms with Gasteiger partial charge in [0.25, 0.3) is 0 Å². The summed E-state index contributed by atoms with van der Waals surface area (Å²) in [5.74, 6) is 0. The molecule has 1 heterocycles. The first-order chi connectivity index (χ1) is 16.1. The Kier molecular flexibility index (Phi) is 4.42. The van der Waals surface area contributed by atoms with E-state index in [0.717, 1.165) is 6.42 Å². The molecule has 0 radical (unpaired) electrons. The predicted molar refractivity (Wildman–Crippen MR) is 136 cm³/mol. The molecule has 0 amide bonds. The quantitative estimate of drug-likeness (QED) is 0.211. The van der Waals surface area contributed by atoms with E-state index < -0.39 is 17.9 Å². The average Bonchev–Trinajstić information content (AvgIpc) is 3.48. The van der Waals surface area contributed by atoms with Crippen LogP contribution in [0.4, 0.5) is 0 Å². The Balaban J connectivity index is 1.50. The summed E-state index contributed by atoms with van der Waals surface area (Å²) in [6.07, 6.45) is 0.913. The van der Waals surface area contributed by atoms with E-state index in [1.54, 1.807) is 0 Å². The fourth-order valence-corrected chi connectivity index (χ4v) is 17.2. The normalized spacial score (nSPS) is 15.9. The van der Waals surface area contributed by atoms with Gasteiger partial charge in [0, 0.05) is 0 Å². The first-order valence-corrected chi connectivity index (χ1v) is 20.3. The van der Waals surface area contributed by atoms with Crippen molar-refractivity contribution in [3.05, 3.63) is 113 Å². The number of aromatic nitrogens is 1. The number of hydrogen-bond acceptors (Lipinski definition) is 0. The maximum atomic E-state index is 7.71. The Bertz CT molecular complexity index is 1600. The summed E-state index contributed by atoms with van der Waals surface area (Å²) in [6, 6.07) is 32.7. The fraction of sp³-hybridized carbons (Fsp3) is 0.103. The SMILES string of the molecule is Cn1c2c(c3ccccc31)-c1ccccc1[CH]2[Zr]([Cl])([Cl])[c]1cccc2c1Cc1ccccc1-2. The van der Waals surface area contributed by atoms with Gasteiger partial charge in [0.05, 0.1) is 0 Å². The van der Waals surface area contributed by atoms with Crippen LogP contribution < -0.4 is 3.27 Å². The third kappa shape index (κ3) is 2.69. The molecule has 0 N–H and O–H groups in total. The molecule has 7 rings (SSSR count). The molecule has 1 aromatic heterocycles. The Morgan fingerprint density at radius 1 is 0.758 bits per heavy atom. The molecule has 1 atom stereocenters. The standard InChI is InChI=1S/C16H12N.C13H9.2ClH.Zr/c1-17-14-9-5-4-8-13(14)16-12-7-3-2-6-11(12)10-15(16)17;1-3-7-12-10(5-1)9-11-6-2-4-8-13(11)12;;;/h2-10H,1H3;1-5,7-8H,9H2;2*1H;/q;;;;+2/p-2. The molecule has 1 nitrogen and oxygen atoms in total. The molecule has 4 heteroatoms. The van der Waals surface area contributed by atoms with Crippen molar-refractivity contribution in [1.82, 2.24) is 4.57 Å². The molecule has 0 spiro atoms. The summed E-state index contributed by atoms with van der Waals surface area (Å²) in [7, 11) is 17.6. The number of halogens is 2. The number of rotatable bonds is 2. The van der Waals surface area contributed by atoms with Gasteiger partial charge in [-0.25, -0.2) is 0 Å². The Morgan fingerprint density at radius 3 is 2.33 bits per heavy atom. The van der Waals surface area contributed by atoms with Crippen LogP contribution in [0.3, 0.4) is 0 Å². The van der Waals surface area contributed by atoms with Crippen LogP contribution in [-0.2, 0) is 31.3 Å². The summed E-state index contributed by atoms with van der Waals surface area (Å²) >= 11 is -3.99. The Hall–Kier alpha value is -2.12. The van der Waals surface area contributed by atoms with Crippen molar-refractivity contribution in [2.24, 2.45) is 7.05 Å². The molecular weight excluding hydrogens is 524 g/mol. The summed E-state index contributed by atoms with van der Waals surface area (Å²) < 4.78 is 3.60. The number of aryl methyl sites for hydroxylation is 1. The second-order valence-electron chi connectivity index (χ2n) is 9.15. The van der Waals surface area contributed by atoms with Gasteiger partial charge in [-0.05, 0) is 0 Å². The van der Waals surface area contributed by atoms with Crippen molar-refractivity contribution in [3.63, 3.8) is 0 Å². The number of nitrogens with zero attached hydrogens (tertiary/aromatic N) is 1. The van der Waals surface area contributed by atoms with Crippen LogP contribution in [0.5, 0.6) is 0 Å². The zero-order valence-electron chi connectivity index (χ0n) is 18.1. The zero-order valence-corrected chi connectivity index (χ0v) is 22.1. The number of para-hydroxylation sites is 1. The van der Waals surface area contributed by atoms with Crippen LogP contribution in [0.15, 0.2) is 91.0 Å². The minimum absolute atomic E-state index is 0.0430. The monoisotopic (exact) mass is 543 g/mol. The first-order valence-electron chi connectivity index (χ1n) is 11.3. The van der Waals surface area contributed by atoms with Crippen molar-refractivity contribution in [2.75, 3.05) is 0 Å². The molecule has 0 saturated heterocycles. The topological polar surface area (TPSA) is 4.93 Å². The maximum absolute atomic E-state index is 7.71. The van der Waals surface area contributed by atoms with E-state index in [2.05, 4.69) is 103 Å². The van der Waals surface area contributed by atoms with Gasteiger partial charge in [0.15, 0.2) is 0 Å². The van der Waals surface area contributed by atoms with Crippen LogP contribution in [0, 0.1) is 0 Å². The van der Waals surface area contributed by atoms with Crippen molar-refractivity contribution in [3.8, 4) is 22.3 Å².